The standard InChI is InChI=1S/C11H9ClN2O3/c1-5(15)8-9-6(12)3-2-4-7(9)14(10(8)16)11(13)17/h2-4,8H,1H3,(H2,13,17). The molecular weight excluding hydrogens is 244 g/mol. The zero-order valence-corrected chi connectivity index (χ0v) is 9.69. The Morgan fingerprint density at radius 3 is 2.59 bits per heavy atom. The number of hydrogen-bond donors (Lipinski definition) is 1. The Labute approximate surface area is 102 Å². The summed E-state index contributed by atoms with van der Waals surface area (Å²) < 4.78 is 0. The van der Waals surface area contributed by atoms with E-state index in [2.05, 4.69) is 0 Å². The molecule has 6 heteroatoms. The van der Waals surface area contributed by atoms with Crippen LogP contribution in [0.4, 0.5) is 10.5 Å². The number of halogens is 1. The van der Waals surface area contributed by atoms with Gasteiger partial charge >= 0.3 is 6.03 Å². The Kier molecular flexibility index (Phi) is 2.63. The van der Waals surface area contributed by atoms with Crippen molar-refractivity contribution >= 4 is 35.0 Å². The first-order valence-electron chi connectivity index (χ1n) is 4.87. The maximum atomic E-state index is 11.9. The van der Waals surface area contributed by atoms with E-state index in [9.17, 15) is 14.4 Å². The summed E-state index contributed by atoms with van der Waals surface area (Å²) in [6.07, 6.45) is 0. The van der Waals surface area contributed by atoms with Gasteiger partial charge < -0.3 is 5.73 Å². The second-order valence-electron chi connectivity index (χ2n) is 3.73. The Morgan fingerprint density at radius 2 is 2.06 bits per heavy atom. The molecule has 2 N–H and O–H groups in total. The van der Waals surface area contributed by atoms with Crippen molar-refractivity contribution in [2.24, 2.45) is 5.73 Å². The molecule has 1 aromatic carbocycles. The third-order valence-electron chi connectivity index (χ3n) is 2.65. The number of benzene rings is 1. The minimum atomic E-state index is -1.04. The highest BCUT2D eigenvalue weighted by Gasteiger charge is 2.43. The van der Waals surface area contributed by atoms with E-state index in [1.54, 1.807) is 12.1 Å². The molecule has 0 bridgehead atoms. The number of imide groups is 1. The van der Waals surface area contributed by atoms with Gasteiger partial charge in [0.15, 0.2) is 0 Å². The van der Waals surface area contributed by atoms with Gasteiger partial charge in [-0.05, 0) is 19.1 Å². The lowest BCUT2D eigenvalue weighted by Gasteiger charge is -2.11. The van der Waals surface area contributed by atoms with Crippen LogP contribution < -0.4 is 10.6 Å². The normalized spacial score (nSPS) is 18.1. The molecule has 5 nitrogen and oxygen atoms in total. The van der Waals surface area contributed by atoms with Crippen molar-refractivity contribution < 1.29 is 14.4 Å². The van der Waals surface area contributed by atoms with Crippen LogP contribution in [0.25, 0.3) is 0 Å². The third kappa shape index (κ3) is 1.59. The van der Waals surface area contributed by atoms with E-state index in [-0.39, 0.29) is 16.5 Å². The van der Waals surface area contributed by atoms with E-state index in [0.717, 1.165) is 4.90 Å². The Bertz CT molecular complexity index is 542. The Morgan fingerprint density at radius 1 is 1.41 bits per heavy atom. The van der Waals surface area contributed by atoms with Crippen LogP contribution in [-0.2, 0) is 9.59 Å². The van der Waals surface area contributed by atoms with Gasteiger partial charge in [-0.3, -0.25) is 9.59 Å². The first kappa shape index (κ1) is 11.6. The molecule has 88 valence electrons. The zero-order chi connectivity index (χ0) is 12.7. The number of carbonyl (C=O) groups is 3. The molecule has 0 spiro atoms. The molecule has 0 aliphatic carbocycles. The molecule has 0 radical (unpaired) electrons. The maximum absolute atomic E-state index is 11.9. The summed E-state index contributed by atoms with van der Waals surface area (Å²) in [5.74, 6) is -2.05. The lowest BCUT2D eigenvalue weighted by atomic mass is 9.97. The van der Waals surface area contributed by atoms with E-state index >= 15 is 0 Å². The first-order valence-corrected chi connectivity index (χ1v) is 5.25. The number of primary amides is 1. The number of hydrogen-bond acceptors (Lipinski definition) is 3. The Hall–Kier alpha value is -1.88. The van der Waals surface area contributed by atoms with Crippen LogP contribution in [0.2, 0.25) is 5.02 Å². The van der Waals surface area contributed by atoms with Gasteiger partial charge in [0, 0.05) is 10.6 Å². The summed E-state index contributed by atoms with van der Waals surface area (Å²) in [6, 6.07) is 3.77. The molecule has 1 unspecified atom stereocenters. The van der Waals surface area contributed by atoms with E-state index in [1.165, 1.54) is 13.0 Å². The van der Waals surface area contributed by atoms with E-state index in [4.69, 9.17) is 17.3 Å². The molecule has 0 aromatic heterocycles. The molecule has 1 aliphatic rings. The van der Waals surface area contributed by atoms with E-state index < -0.39 is 17.9 Å². The molecule has 3 amide bonds. The fourth-order valence-corrected chi connectivity index (χ4v) is 2.26. The number of ketones is 1. The molecule has 0 saturated heterocycles. The van der Waals surface area contributed by atoms with Gasteiger partial charge in [-0.25, -0.2) is 9.69 Å². The van der Waals surface area contributed by atoms with E-state index in [0.29, 0.717) is 5.56 Å². The van der Waals surface area contributed by atoms with Crippen LogP contribution in [-0.4, -0.2) is 17.7 Å². The summed E-state index contributed by atoms with van der Waals surface area (Å²) in [5, 5.41) is 0.278. The summed E-state index contributed by atoms with van der Waals surface area (Å²) in [4.78, 5) is 35.4. The average Bonchev–Trinajstić information content (AvgIpc) is 2.51. The van der Waals surface area contributed by atoms with Gasteiger partial charge in [0.2, 0.25) is 5.91 Å². The number of nitrogens with two attached hydrogens (primary N) is 1. The lowest BCUT2D eigenvalue weighted by molar-refractivity contribution is -0.126. The smallest absolute Gasteiger partial charge is 0.326 e. The molecule has 17 heavy (non-hydrogen) atoms. The minimum absolute atomic E-state index is 0.278. The number of nitrogens with zero attached hydrogens (tertiary/aromatic N) is 1. The fraction of sp³-hybridized carbons (Fsp3) is 0.182. The third-order valence-corrected chi connectivity index (χ3v) is 2.98. The quantitative estimate of drug-likeness (QED) is 0.768. The highest BCUT2D eigenvalue weighted by Crippen LogP contribution is 2.41. The number of urea groups is 1. The predicted octanol–water partition coefficient (Wildman–Crippen LogP) is 1.44. The first-order chi connectivity index (χ1) is 7.95. The molecule has 1 heterocycles. The number of carbonyl (C=O) groups excluding carboxylic acids is 3. The van der Waals surface area contributed by atoms with Crippen LogP contribution in [0.1, 0.15) is 18.4 Å². The van der Waals surface area contributed by atoms with Gasteiger partial charge in [0.05, 0.1) is 5.69 Å². The van der Waals surface area contributed by atoms with Gasteiger partial charge in [-0.15, -0.1) is 0 Å². The van der Waals surface area contributed by atoms with Crippen molar-refractivity contribution in [1.29, 1.82) is 0 Å². The van der Waals surface area contributed by atoms with E-state index in [1.807, 2.05) is 0 Å². The van der Waals surface area contributed by atoms with Crippen LogP contribution in [0.5, 0.6) is 0 Å². The number of fused-ring (bicyclic) bond motifs is 1. The van der Waals surface area contributed by atoms with Crippen molar-refractivity contribution in [3.05, 3.63) is 28.8 Å². The van der Waals surface area contributed by atoms with Crippen molar-refractivity contribution in [2.45, 2.75) is 12.8 Å². The molecule has 2 rings (SSSR count). The van der Waals surface area contributed by atoms with Crippen LogP contribution in [0.15, 0.2) is 18.2 Å². The zero-order valence-electron chi connectivity index (χ0n) is 8.94. The number of Topliss-reactive ketones (excluding diaryl/α,β-unsaturated/α-hetero) is 1. The summed E-state index contributed by atoms with van der Waals surface area (Å²) >= 11 is 5.96. The molecule has 1 aromatic rings. The van der Waals surface area contributed by atoms with Crippen LogP contribution >= 0.6 is 11.6 Å². The van der Waals surface area contributed by atoms with Gasteiger partial charge in [-0.1, -0.05) is 17.7 Å². The highest BCUT2D eigenvalue weighted by molar-refractivity contribution is 6.35. The number of rotatable bonds is 1. The van der Waals surface area contributed by atoms with Crippen molar-refractivity contribution in [3.63, 3.8) is 0 Å². The largest absolute Gasteiger partial charge is 0.351 e. The van der Waals surface area contributed by atoms with Crippen LogP contribution in [0, 0.1) is 0 Å². The second kappa shape index (κ2) is 3.85. The summed E-state index contributed by atoms with van der Waals surface area (Å²) in [5.41, 5.74) is 5.77. The number of amides is 3. The van der Waals surface area contributed by atoms with Crippen molar-refractivity contribution in [3.8, 4) is 0 Å². The van der Waals surface area contributed by atoms with Gasteiger partial charge in [0.25, 0.3) is 0 Å². The molecule has 1 aliphatic heterocycles. The fourth-order valence-electron chi connectivity index (χ4n) is 1.98. The maximum Gasteiger partial charge on any atom is 0.326 e. The monoisotopic (exact) mass is 252 g/mol. The minimum Gasteiger partial charge on any atom is -0.351 e. The molecular formula is C11H9ClN2O3. The number of anilines is 1. The predicted molar refractivity (Wildman–Crippen MR) is 61.9 cm³/mol. The van der Waals surface area contributed by atoms with Crippen molar-refractivity contribution in [1.82, 2.24) is 0 Å². The lowest BCUT2D eigenvalue weighted by Crippen LogP contribution is -2.40. The topological polar surface area (TPSA) is 80.5 Å². The average molecular weight is 253 g/mol. The summed E-state index contributed by atoms with van der Waals surface area (Å²) in [7, 11) is 0. The van der Waals surface area contributed by atoms with Crippen LogP contribution in [0.3, 0.4) is 0 Å². The SMILES string of the molecule is CC(=O)C1C(=O)N(C(N)=O)c2cccc(Cl)c21. The second-order valence-corrected chi connectivity index (χ2v) is 4.14. The van der Waals surface area contributed by atoms with Crippen molar-refractivity contribution in [2.75, 3.05) is 4.90 Å². The van der Waals surface area contributed by atoms with Gasteiger partial charge in [0.1, 0.15) is 11.7 Å². The highest BCUT2D eigenvalue weighted by atomic mass is 35.5. The molecule has 1 atom stereocenters. The Balaban J connectivity index is 2.70. The molecule has 0 saturated carbocycles. The summed E-state index contributed by atoms with van der Waals surface area (Å²) in [6.45, 7) is 1.28. The molecule has 0 fully saturated rings. The van der Waals surface area contributed by atoms with Gasteiger partial charge in [-0.2, -0.15) is 0 Å².